The van der Waals surface area contributed by atoms with E-state index in [-0.39, 0.29) is 0 Å². The van der Waals surface area contributed by atoms with Gasteiger partial charge in [-0.2, -0.15) is 4.99 Å². The first-order valence-corrected chi connectivity index (χ1v) is 5.61. The Morgan fingerprint density at radius 1 is 1.41 bits per heavy atom. The van der Waals surface area contributed by atoms with Gasteiger partial charge in [0.1, 0.15) is 11.2 Å². The number of carbonyl (C=O) groups excluding carboxylic acids is 1. The molecule has 2 rings (SSSR count). The summed E-state index contributed by atoms with van der Waals surface area (Å²) in [6.07, 6.45) is 3.40. The monoisotopic (exact) mass is 229 g/mol. The number of benzene rings is 1. The van der Waals surface area contributed by atoms with Crippen LogP contribution < -0.4 is 0 Å². The fourth-order valence-corrected chi connectivity index (χ4v) is 1.97. The minimum absolute atomic E-state index is 0.329. The molecule has 0 atom stereocenters. The molecule has 0 fully saturated rings. The SMILES string of the molecule is Cc1cc2c(ncn2C(C)C)c(N=C=O)c1C. The fourth-order valence-electron chi connectivity index (χ4n) is 1.97. The number of aromatic nitrogens is 2. The van der Waals surface area contributed by atoms with E-state index in [0.29, 0.717) is 11.7 Å². The topological polar surface area (TPSA) is 47.2 Å². The summed E-state index contributed by atoms with van der Waals surface area (Å²) in [6.45, 7) is 8.15. The molecule has 0 radical (unpaired) electrons. The molecule has 1 aromatic carbocycles. The number of nitrogens with zero attached hydrogens (tertiary/aromatic N) is 3. The second kappa shape index (κ2) is 4.15. The Bertz CT molecular complexity index is 619. The molecule has 0 unspecified atom stereocenters. The molecule has 4 heteroatoms. The Labute approximate surface area is 100.0 Å². The first kappa shape index (κ1) is 11.6. The van der Waals surface area contributed by atoms with Gasteiger partial charge in [-0.15, -0.1) is 0 Å². The van der Waals surface area contributed by atoms with Crippen molar-refractivity contribution >= 4 is 22.8 Å². The summed E-state index contributed by atoms with van der Waals surface area (Å²) in [5.74, 6) is 0. The van der Waals surface area contributed by atoms with Gasteiger partial charge in [0.2, 0.25) is 6.08 Å². The smallest absolute Gasteiger partial charge is 0.240 e. The highest BCUT2D eigenvalue weighted by Gasteiger charge is 2.13. The second-order valence-electron chi connectivity index (χ2n) is 4.48. The molecule has 0 amide bonds. The predicted octanol–water partition coefficient (Wildman–Crippen LogP) is 3.20. The first-order valence-electron chi connectivity index (χ1n) is 5.61. The minimum Gasteiger partial charge on any atom is -0.328 e. The van der Waals surface area contributed by atoms with E-state index in [2.05, 4.69) is 34.5 Å². The van der Waals surface area contributed by atoms with Crippen molar-refractivity contribution in [3.63, 3.8) is 0 Å². The van der Waals surface area contributed by atoms with Gasteiger partial charge in [0.05, 0.1) is 11.8 Å². The summed E-state index contributed by atoms with van der Waals surface area (Å²) < 4.78 is 2.07. The molecule has 0 saturated carbocycles. The molecule has 0 bridgehead atoms. The van der Waals surface area contributed by atoms with Crippen molar-refractivity contribution in [1.29, 1.82) is 0 Å². The standard InChI is InChI=1S/C13H15N3O/c1-8(2)16-6-14-13-11(16)5-9(3)10(4)12(13)15-7-17/h5-6,8H,1-4H3. The summed E-state index contributed by atoms with van der Waals surface area (Å²) in [4.78, 5) is 18.6. The van der Waals surface area contributed by atoms with Crippen LogP contribution in [0.25, 0.3) is 11.0 Å². The quantitative estimate of drug-likeness (QED) is 0.586. The zero-order valence-electron chi connectivity index (χ0n) is 10.5. The average Bonchev–Trinajstić information content (AvgIpc) is 2.68. The van der Waals surface area contributed by atoms with Crippen molar-refractivity contribution in [2.75, 3.05) is 0 Å². The van der Waals surface area contributed by atoms with E-state index in [4.69, 9.17) is 0 Å². The number of rotatable bonds is 2. The summed E-state index contributed by atoms with van der Waals surface area (Å²) in [5.41, 5.74) is 4.50. The maximum atomic E-state index is 10.5. The second-order valence-corrected chi connectivity index (χ2v) is 4.48. The molecule has 0 N–H and O–H groups in total. The number of imidazole rings is 1. The average molecular weight is 229 g/mol. The van der Waals surface area contributed by atoms with Crippen molar-refractivity contribution in [3.8, 4) is 0 Å². The van der Waals surface area contributed by atoms with Crippen LogP contribution in [0.1, 0.15) is 31.0 Å². The van der Waals surface area contributed by atoms with Gasteiger partial charge in [0, 0.05) is 6.04 Å². The van der Waals surface area contributed by atoms with E-state index in [9.17, 15) is 4.79 Å². The predicted molar refractivity (Wildman–Crippen MR) is 67.4 cm³/mol. The summed E-state index contributed by atoms with van der Waals surface area (Å²) in [6, 6.07) is 2.41. The molecule has 1 aromatic heterocycles. The van der Waals surface area contributed by atoms with Crippen LogP contribution in [0.3, 0.4) is 0 Å². The third-order valence-electron chi connectivity index (χ3n) is 3.07. The number of hydrogen-bond acceptors (Lipinski definition) is 3. The van der Waals surface area contributed by atoms with Crippen LogP contribution in [-0.4, -0.2) is 15.6 Å². The highest BCUT2D eigenvalue weighted by atomic mass is 16.1. The van der Waals surface area contributed by atoms with E-state index in [1.165, 1.54) is 0 Å². The van der Waals surface area contributed by atoms with Crippen LogP contribution in [0.4, 0.5) is 5.69 Å². The third kappa shape index (κ3) is 1.77. The van der Waals surface area contributed by atoms with Gasteiger partial charge < -0.3 is 4.57 Å². The molecule has 0 aliphatic rings. The lowest BCUT2D eigenvalue weighted by Crippen LogP contribution is -1.98. The normalized spacial score (nSPS) is 10.9. The van der Waals surface area contributed by atoms with E-state index >= 15 is 0 Å². The van der Waals surface area contributed by atoms with Crippen LogP contribution >= 0.6 is 0 Å². The molecule has 0 saturated heterocycles. The lowest BCUT2D eigenvalue weighted by atomic mass is 10.1. The van der Waals surface area contributed by atoms with Crippen LogP contribution in [0.15, 0.2) is 17.4 Å². The van der Waals surface area contributed by atoms with Crippen molar-refractivity contribution in [3.05, 3.63) is 23.5 Å². The Morgan fingerprint density at radius 3 is 2.71 bits per heavy atom. The minimum atomic E-state index is 0.329. The van der Waals surface area contributed by atoms with Gasteiger partial charge in [0.15, 0.2) is 0 Å². The maximum Gasteiger partial charge on any atom is 0.240 e. The van der Waals surface area contributed by atoms with Crippen molar-refractivity contribution < 1.29 is 4.79 Å². The zero-order valence-corrected chi connectivity index (χ0v) is 10.5. The molecule has 4 nitrogen and oxygen atoms in total. The van der Waals surface area contributed by atoms with Crippen LogP contribution in [-0.2, 0) is 4.79 Å². The van der Waals surface area contributed by atoms with Crippen molar-refractivity contribution in [2.45, 2.75) is 33.7 Å². The highest BCUT2D eigenvalue weighted by molar-refractivity contribution is 5.90. The number of fused-ring (bicyclic) bond motifs is 1. The molecule has 0 spiro atoms. The molecular weight excluding hydrogens is 214 g/mol. The molecule has 2 aromatic rings. The van der Waals surface area contributed by atoms with Crippen LogP contribution in [0, 0.1) is 13.8 Å². The first-order chi connectivity index (χ1) is 8.06. The molecule has 17 heavy (non-hydrogen) atoms. The van der Waals surface area contributed by atoms with Gasteiger partial charge >= 0.3 is 0 Å². The van der Waals surface area contributed by atoms with Gasteiger partial charge in [-0.25, -0.2) is 9.78 Å². The molecule has 1 heterocycles. The van der Waals surface area contributed by atoms with E-state index in [1.54, 1.807) is 12.4 Å². The Balaban J connectivity index is 2.88. The summed E-state index contributed by atoms with van der Waals surface area (Å²) in [7, 11) is 0. The molecule has 0 aliphatic heterocycles. The molecule has 88 valence electrons. The number of aliphatic imine (C=N–C) groups is 1. The van der Waals surface area contributed by atoms with E-state index < -0.39 is 0 Å². The highest BCUT2D eigenvalue weighted by Crippen LogP contribution is 2.32. The lowest BCUT2D eigenvalue weighted by Gasteiger charge is -2.10. The number of aryl methyl sites for hydroxylation is 1. The number of isocyanates is 1. The summed E-state index contributed by atoms with van der Waals surface area (Å²) >= 11 is 0. The third-order valence-corrected chi connectivity index (χ3v) is 3.07. The van der Waals surface area contributed by atoms with Crippen LogP contribution in [0.5, 0.6) is 0 Å². The van der Waals surface area contributed by atoms with Crippen LogP contribution in [0.2, 0.25) is 0 Å². The van der Waals surface area contributed by atoms with Crippen molar-refractivity contribution in [2.24, 2.45) is 4.99 Å². The van der Waals surface area contributed by atoms with Gasteiger partial charge in [0.25, 0.3) is 0 Å². The largest absolute Gasteiger partial charge is 0.328 e. The Morgan fingerprint density at radius 2 is 2.12 bits per heavy atom. The molecular formula is C13H15N3O. The van der Waals surface area contributed by atoms with Gasteiger partial charge in [-0.1, -0.05) is 0 Å². The molecule has 0 aliphatic carbocycles. The van der Waals surface area contributed by atoms with Gasteiger partial charge in [-0.05, 0) is 44.9 Å². The van der Waals surface area contributed by atoms with Crippen molar-refractivity contribution in [1.82, 2.24) is 9.55 Å². The number of hydrogen-bond donors (Lipinski definition) is 0. The van der Waals surface area contributed by atoms with Gasteiger partial charge in [-0.3, -0.25) is 0 Å². The zero-order chi connectivity index (χ0) is 12.6. The fraction of sp³-hybridized carbons (Fsp3) is 0.385. The Kier molecular flexibility index (Phi) is 2.82. The Hall–Kier alpha value is -1.93. The lowest BCUT2D eigenvalue weighted by molar-refractivity contribution is 0.565. The maximum absolute atomic E-state index is 10.5. The van der Waals surface area contributed by atoms with E-state index in [1.807, 2.05) is 13.8 Å². The summed E-state index contributed by atoms with van der Waals surface area (Å²) in [5, 5.41) is 0. The van der Waals surface area contributed by atoms with E-state index in [0.717, 1.165) is 22.2 Å².